The van der Waals surface area contributed by atoms with Crippen LogP contribution in [0.5, 0.6) is 17.2 Å². The van der Waals surface area contributed by atoms with Crippen molar-refractivity contribution in [2.45, 2.75) is 11.8 Å². The number of nitrogens with zero attached hydrogens (tertiary/aromatic N) is 1. The predicted molar refractivity (Wildman–Crippen MR) is 137 cm³/mol. The van der Waals surface area contributed by atoms with E-state index in [0.29, 0.717) is 27.8 Å². The monoisotopic (exact) mass is 538 g/mol. The number of hydrogen-bond acceptors (Lipinski definition) is 6. The molecule has 11 heteroatoms. The van der Waals surface area contributed by atoms with Gasteiger partial charge in [-0.1, -0.05) is 29.3 Å². The summed E-state index contributed by atoms with van der Waals surface area (Å²) in [7, 11) is -0.0180. The van der Waals surface area contributed by atoms with E-state index in [1.165, 1.54) is 51.7 Å². The Balaban J connectivity index is 2.07. The number of halogens is 2. The van der Waals surface area contributed by atoms with E-state index >= 15 is 0 Å². The Bertz CT molecular complexity index is 1350. The van der Waals surface area contributed by atoms with Crippen LogP contribution in [0.3, 0.4) is 0 Å². The minimum atomic E-state index is -4.28. The van der Waals surface area contributed by atoms with Gasteiger partial charge in [0.25, 0.3) is 10.0 Å². The van der Waals surface area contributed by atoms with Gasteiger partial charge in [-0.05, 0) is 61.0 Å². The molecule has 0 radical (unpaired) electrons. The Morgan fingerprint density at radius 3 is 2.14 bits per heavy atom. The van der Waals surface area contributed by atoms with Crippen molar-refractivity contribution in [3.05, 3.63) is 70.2 Å². The minimum absolute atomic E-state index is 0.0972. The van der Waals surface area contributed by atoms with Crippen LogP contribution in [0.1, 0.15) is 5.56 Å². The zero-order valence-electron chi connectivity index (χ0n) is 19.5. The third-order valence-corrected chi connectivity index (χ3v) is 7.36. The molecule has 0 aliphatic heterocycles. The number of benzene rings is 3. The average molecular weight is 539 g/mol. The third-order valence-electron chi connectivity index (χ3n) is 5.03. The second kappa shape index (κ2) is 11.1. The maximum absolute atomic E-state index is 13.8. The first kappa shape index (κ1) is 26.5. The van der Waals surface area contributed by atoms with Gasteiger partial charge < -0.3 is 19.5 Å². The Hall–Kier alpha value is -3.14. The number of carbonyl (C=O) groups is 1. The SMILES string of the molecule is COc1ccc(N(CC(=O)Nc2cc(Cl)ccc2OC)S(=O)(=O)c2cc(C)ccc2OC)cc1Cl. The molecule has 1 N–H and O–H groups in total. The maximum atomic E-state index is 13.8. The molecule has 0 spiro atoms. The molecule has 1 amide bonds. The van der Waals surface area contributed by atoms with Crippen LogP contribution >= 0.6 is 23.2 Å². The van der Waals surface area contributed by atoms with Gasteiger partial charge in [-0.3, -0.25) is 9.10 Å². The first-order valence-electron chi connectivity index (χ1n) is 10.2. The first-order chi connectivity index (χ1) is 16.6. The summed E-state index contributed by atoms with van der Waals surface area (Å²) in [6, 6.07) is 13.9. The largest absolute Gasteiger partial charge is 0.495 e. The fraction of sp³-hybridized carbons (Fsp3) is 0.208. The molecule has 0 aromatic heterocycles. The highest BCUT2D eigenvalue weighted by Crippen LogP contribution is 2.35. The molecular weight excluding hydrogens is 515 g/mol. The predicted octanol–water partition coefficient (Wildman–Crippen LogP) is 5.16. The Morgan fingerprint density at radius 2 is 1.51 bits per heavy atom. The molecule has 35 heavy (non-hydrogen) atoms. The van der Waals surface area contributed by atoms with Crippen molar-refractivity contribution in [1.29, 1.82) is 0 Å². The van der Waals surface area contributed by atoms with Crippen LogP contribution in [0, 0.1) is 6.92 Å². The lowest BCUT2D eigenvalue weighted by Gasteiger charge is -2.25. The number of nitrogens with one attached hydrogen (secondary N) is 1. The van der Waals surface area contributed by atoms with E-state index in [4.69, 9.17) is 37.4 Å². The standard InChI is InChI=1S/C24H24Cl2N2O6S/c1-15-5-8-22(34-4)23(11-15)35(30,31)28(17-7-10-20(32-2)18(26)13-17)14-24(29)27-19-12-16(25)6-9-21(19)33-3/h5-13H,14H2,1-4H3,(H,27,29). The molecule has 3 aromatic rings. The van der Waals surface area contributed by atoms with Crippen LogP contribution in [0.2, 0.25) is 10.0 Å². The highest BCUT2D eigenvalue weighted by molar-refractivity contribution is 7.93. The van der Waals surface area contributed by atoms with E-state index in [0.717, 1.165) is 4.31 Å². The summed E-state index contributed by atoms with van der Waals surface area (Å²) in [5, 5.41) is 3.21. The Kier molecular flexibility index (Phi) is 8.37. The molecule has 0 saturated carbocycles. The zero-order valence-corrected chi connectivity index (χ0v) is 21.8. The van der Waals surface area contributed by atoms with Gasteiger partial charge in [-0.15, -0.1) is 0 Å². The van der Waals surface area contributed by atoms with Crippen LogP contribution in [0.15, 0.2) is 59.5 Å². The van der Waals surface area contributed by atoms with Gasteiger partial charge in [-0.25, -0.2) is 8.42 Å². The normalized spacial score (nSPS) is 11.0. The molecule has 8 nitrogen and oxygen atoms in total. The molecule has 0 heterocycles. The second-order valence-electron chi connectivity index (χ2n) is 7.38. The van der Waals surface area contributed by atoms with Crippen LogP contribution in [-0.2, 0) is 14.8 Å². The number of carbonyl (C=O) groups excluding carboxylic acids is 1. The van der Waals surface area contributed by atoms with Crippen molar-refractivity contribution < 1.29 is 27.4 Å². The van der Waals surface area contributed by atoms with Crippen LogP contribution < -0.4 is 23.8 Å². The van der Waals surface area contributed by atoms with Crippen molar-refractivity contribution in [2.75, 3.05) is 37.5 Å². The van der Waals surface area contributed by atoms with Crippen molar-refractivity contribution in [2.24, 2.45) is 0 Å². The van der Waals surface area contributed by atoms with Crippen molar-refractivity contribution >= 4 is 50.5 Å². The number of sulfonamides is 1. The topological polar surface area (TPSA) is 94.2 Å². The molecule has 0 aliphatic carbocycles. The molecule has 186 valence electrons. The van der Waals surface area contributed by atoms with Gasteiger partial charge in [0.05, 0.1) is 37.7 Å². The lowest BCUT2D eigenvalue weighted by atomic mass is 10.2. The van der Waals surface area contributed by atoms with Crippen LogP contribution in [-0.4, -0.2) is 42.2 Å². The van der Waals surface area contributed by atoms with Gasteiger partial charge in [0.2, 0.25) is 5.91 Å². The molecule has 0 aliphatic rings. The molecular formula is C24H24Cl2N2O6S. The molecule has 0 saturated heterocycles. The van der Waals surface area contributed by atoms with Crippen molar-refractivity contribution in [3.63, 3.8) is 0 Å². The fourth-order valence-electron chi connectivity index (χ4n) is 3.33. The molecule has 0 fully saturated rings. The summed E-state index contributed by atoms with van der Waals surface area (Å²) in [5.41, 5.74) is 1.15. The minimum Gasteiger partial charge on any atom is -0.495 e. The molecule has 0 atom stereocenters. The molecule has 3 rings (SSSR count). The van der Waals surface area contributed by atoms with Crippen LogP contribution in [0.4, 0.5) is 11.4 Å². The Labute approximate surface area is 214 Å². The molecule has 0 unspecified atom stereocenters. The summed E-state index contributed by atoms with van der Waals surface area (Å²) in [6.07, 6.45) is 0. The second-order valence-corrected chi connectivity index (χ2v) is 10.1. The van der Waals surface area contributed by atoms with Gasteiger partial charge in [-0.2, -0.15) is 0 Å². The lowest BCUT2D eigenvalue weighted by molar-refractivity contribution is -0.114. The summed E-state index contributed by atoms with van der Waals surface area (Å²) in [5.74, 6) is 0.226. The summed E-state index contributed by atoms with van der Waals surface area (Å²) in [4.78, 5) is 13.0. The average Bonchev–Trinajstić information content (AvgIpc) is 2.82. The number of aryl methyl sites for hydroxylation is 1. The van der Waals surface area contributed by atoms with E-state index in [9.17, 15) is 13.2 Å². The molecule has 0 bridgehead atoms. The zero-order chi connectivity index (χ0) is 25.8. The summed E-state index contributed by atoms with van der Waals surface area (Å²) >= 11 is 12.3. The number of rotatable bonds is 9. The van der Waals surface area contributed by atoms with E-state index in [1.807, 2.05) is 0 Å². The highest BCUT2D eigenvalue weighted by Gasteiger charge is 2.31. The van der Waals surface area contributed by atoms with E-state index in [-0.39, 0.29) is 21.4 Å². The van der Waals surface area contributed by atoms with Crippen molar-refractivity contribution in [3.8, 4) is 17.2 Å². The number of methoxy groups -OCH3 is 3. The quantitative estimate of drug-likeness (QED) is 0.404. The lowest BCUT2D eigenvalue weighted by Crippen LogP contribution is -2.38. The number of amides is 1. The van der Waals surface area contributed by atoms with E-state index in [1.54, 1.807) is 31.2 Å². The van der Waals surface area contributed by atoms with Crippen LogP contribution in [0.25, 0.3) is 0 Å². The van der Waals surface area contributed by atoms with Crippen molar-refractivity contribution in [1.82, 2.24) is 0 Å². The van der Waals surface area contributed by atoms with Gasteiger partial charge in [0.15, 0.2) is 0 Å². The smallest absolute Gasteiger partial charge is 0.268 e. The summed E-state index contributed by atoms with van der Waals surface area (Å²) in [6.45, 7) is 1.18. The third kappa shape index (κ3) is 5.93. The highest BCUT2D eigenvalue weighted by atomic mass is 35.5. The van der Waals surface area contributed by atoms with Gasteiger partial charge in [0.1, 0.15) is 28.7 Å². The number of hydrogen-bond donors (Lipinski definition) is 1. The van der Waals surface area contributed by atoms with E-state index < -0.39 is 22.5 Å². The Morgan fingerprint density at radius 1 is 0.886 bits per heavy atom. The van der Waals surface area contributed by atoms with E-state index in [2.05, 4.69) is 5.32 Å². The number of ether oxygens (including phenoxy) is 3. The maximum Gasteiger partial charge on any atom is 0.268 e. The summed E-state index contributed by atoms with van der Waals surface area (Å²) < 4.78 is 44.4. The molecule has 3 aromatic carbocycles. The van der Waals surface area contributed by atoms with Gasteiger partial charge >= 0.3 is 0 Å². The first-order valence-corrected chi connectivity index (χ1v) is 12.4. The number of anilines is 2. The van der Waals surface area contributed by atoms with Gasteiger partial charge in [0, 0.05) is 5.02 Å². The fourth-order valence-corrected chi connectivity index (χ4v) is 5.41.